The predicted molar refractivity (Wildman–Crippen MR) is 46.2 cm³/mol. The Morgan fingerprint density at radius 2 is 2.17 bits per heavy atom. The topological polar surface area (TPSA) is 67.8 Å². The summed E-state index contributed by atoms with van der Waals surface area (Å²) in [6, 6.07) is 0. The molecule has 4 heteroatoms. The summed E-state index contributed by atoms with van der Waals surface area (Å²) in [6.07, 6.45) is 3.93. The van der Waals surface area contributed by atoms with Crippen LogP contribution in [0.4, 0.5) is 0 Å². The second kappa shape index (κ2) is 3.76. The highest BCUT2D eigenvalue weighted by Crippen LogP contribution is 2.33. The van der Waals surface area contributed by atoms with Crippen molar-refractivity contribution in [2.24, 2.45) is 10.9 Å². The largest absolute Gasteiger partial charge is 0.409 e. The van der Waals surface area contributed by atoms with Gasteiger partial charge in [0.05, 0.1) is 0 Å². The van der Waals surface area contributed by atoms with E-state index in [4.69, 9.17) is 15.7 Å². The Hall–Kier alpha value is -0.770. The highest BCUT2D eigenvalue weighted by molar-refractivity contribution is 5.88. The van der Waals surface area contributed by atoms with Crippen molar-refractivity contribution >= 4 is 5.84 Å². The normalized spacial score (nSPS) is 22.9. The number of oxime groups is 1. The summed E-state index contributed by atoms with van der Waals surface area (Å²) >= 11 is 0. The van der Waals surface area contributed by atoms with E-state index in [2.05, 4.69) is 5.16 Å². The van der Waals surface area contributed by atoms with Crippen LogP contribution in [0.25, 0.3) is 0 Å². The van der Waals surface area contributed by atoms with Gasteiger partial charge in [-0.3, -0.25) is 0 Å². The molecule has 3 N–H and O–H groups in total. The Kier molecular flexibility index (Phi) is 2.92. The molecule has 0 bridgehead atoms. The molecular weight excluding hydrogens is 156 g/mol. The maximum Gasteiger partial charge on any atom is 0.171 e. The fraction of sp³-hybridized carbons (Fsp3) is 0.875. The molecule has 12 heavy (non-hydrogen) atoms. The summed E-state index contributed by atoms with van der Waals surface area (Å²) in [6.45, 7) is 2.53. The van der Waals surface area contributed by atoms with Gasteiger partial charge in [0.15, 0.2) is 5.84 Å². The Morgan fingerprint density at radius 3 is 2.58 bits per heavy atom. The minimum Gasteiger partial charge on any atom is -0.409 e. The molecule has 70 valence electrons. The van der Waals surface area contributed by atoms with Gasteiger partial charge >= 0.3 is 0 Å². The zero-order chi connectivity index (χ0) is 9.03. The van der Waals surface area contributed by atoms with E-state index >= 15 is 0 Å². The van der Waals surface area contributed by atoms with Gasteiger partial charge in [0.1, 0.15) is 5.60 Å². The van der Waals surface area contributed by atoms with Gasteiger partial charge in [-0.2, -0.15) is 0 Å². The number of nitrogens with two attached hydrogens (primary N) is 1. The van der Waals surface area contributed by atoms with Crippen LogP contribution in [-0.4, -0.2) is 23.3 Å². The van der Waals surface area contributed by atoms with Crippen molar-refractivity contribution in [3.63, 3.8) is 0 Å². The third-order valence-electron chi connectivity index (χ3n) is 2.41. The highest BCUT2D eigenvalue weighted by atomic mass is 16.5. The second-order valence-corrected chi connectivity index (χ2v) is 3.12. The number of ether oxygens (including phenoxy) is 1. The molecule has 0 aromatic carbocycles. The van der Waals surface area contributed by atoms with Crippen LogP contribution in [-0.2, 0) is 4.74 Å². The molecular formula is C8H16N2O2. The van der Waals surface area contributed by atoms with Crippen molar-refractivity contribution in [2.75, 3.05) is 6.61 Å². The Labute approximate surface area is 72.4 Å². The van der Waals surface area contributed by atoms with Gasteiger partial charge in [-0.1, -0.05) is 5.16 Å². The van der Waals surface area contributed by atoms with Crippen molar-refractivity contribution in [1.82, 2.24) is 0 Å². The third-order valence-corrected chi connectivity index (χ3v) is 2.41. The Morgan fingerprint density at radius 1 is 1.58 bits per heavy atom. The lowest BCUT2D eigenvalue weighted by atomic mass is 10.0. The van der Waals surface area contributed by atoms with Gasteiger partial charge in [-0.15, -0.1) is 0 Å². The van der Waals surface area contributed by atoms with E-state index < -0.39 is 5.60 Å². The van der Waals surface area contributed by atoms with Crippen LogP contribution < -0.4 is 5.73 Å². The molecule has 0 heterocycles. The van der Waals surface area contributed by atoms with Crippen LogP contribution in [0.5, 0.6) is 0 Å². The fourth-order valence-corrected chi connectivity index (χ4v) is 1.79. The molecule has 0 spiro atoms. The summed E-state index contributed by atoms with van der Waals surface area (Å²) in [5.41, 5.74) is 5.11. The minimum atomic E-state index is -0.469. The maximum absolute atomic E-state index is 8.57. The second-order valence-electron chi connectivity index (χ2n) is 3.12. The minimum absolute atomic E-state index is 0.224. The summed E-state index contributed by atoms with van der Waals surface area (Å²) in [5, 5.41) is 11.6. The van der Waals surface area contributed by atoms with Crippen LogP contribution in [0.2, 0.25) is 0 Å². The molecule has 1 saturated carbocycles. The number of hydrogen-bond acceptors (Lipinski definition) is 3. The summed E-state index contributed by atoms with van der Waals surface area (Å²) in [7, 11) is 0. The average Bonchev–Trinajstić information content (AvgIpc) is 2.53. The summed E-state index contributed by atoms with van der Waals surface area (Å²) in [4.78, 5) is 0. The van der Waals surface area contributed by atoms with Gasteiger partial charge < -0.3 is 15.7 Å². The molecule has 1 aliphatic carbocycles. The standard InChI is InChI=1S/C8H16N2O2/c1-2-12-8(7(9)10-11)5-3-4-6-8/h11H,2-6H2,1H3,(H2,9,10). The number of rotatable bonds is 3. The lowest BCUT2D eigenvalue weighted by Gasteiger charge is -2.26. The monoisotopic (exact) mass is 172 g/mol. The van der Waals surface area contributed by atoms with E-state index in [9.17, 15) is 0 Å². The van der Waals surface area contributed by atoms with Crippen LogP contribution >= 0.6 is 0 Å². The molecule has 0 saturated heterocycles. The van der Waals surface area contributed by atoms with E-state index in [0.717, 1.165) is 25.7 Å². The molecule has 1 fully saturated rings. The van der Waals surface area contributed by atoms with E-state index in [0.29, 0.717) is 6.61 Å². The lowest BCUT2D eigenvalue weighted by molar-refractivity contribution is 0.0176. The lowest BCUT2D eigenvalue weighted by Crippen LogP contribution is -2.44. The first-order chi connectivity index (χ1) is 5.75. The third kappa shape index (κ3) is 1.53. The fourth-order valence-electron chi connectivity index (χ4n) is 1.79. The van der Waals surface area contributed by atoms with Gasteiger partial charge in [-0.25, -0.2) is 0 Å². The summed E-state index contributed by atoms with van der Waals surface area (Å²) in [5.74, 6) is 0.224. The molecule has 1 rings (SSSR count). The molecule has 0 aliphatic heterocycles. The van der Waals surface area contributed by atoms with Crippen molar-refractivity contribution in [1.29, 1.82) is 0 Å². The molecule has 0 aromatic rings. The first kappa shape index (κ1) is 9.32. The maximum atomic E-state index is 8.57. The van der Waals surface area contributed by atoms with Gasteiger partial charge in [0.2, 0.25) is 0 Å². The number of nitrogens with zero attached hydrogens (tertiary/aromatic N) is 1. The van der Waals surface area contributed by atoms with E-state index in [-0.39, 0.29) is 5.84 Å². The zero-order valence-electron chi connectivity index (χ0n) is 7.42. The summed E-state index contributed by atoms with van der Waals surface area (Å²) < 4.78 is 5.53. The molecule has 0 unspecified atom stereocenters. The molecule has 1 aliphatic rings. The number of hydrogen-bond donors (Lipinski definition) is 2. The van der Waals surface area contributed by atoms with Crippen LogP contribution in [0.1, 0.15) is 32.6 Å². The molecule has 0 aromatic heterocycles. The smallest absolute Gasteiger partial charge is 0.171 e. The zero-order valence-corrected chi connectivity index (χ0v) is 7.42. The predicted octanol–water partition coefficient (Wildman–Crippen LogP) is 1.08. The SMILES string of the molecule is CCOC1(/C(N)=N/O)CCCC1. The molecule has 0 amide bonds. The number of amidine groups is 1. The Bertz CT molecular complexity index is 174. The van der Waals surface area contributed by atoms with E-state index in [1.165, 1.54) is 0 Å². The van der Waals surface area contributed by atoms with Crippen molar-refractivity contribution in [2.45, 2.75) is 38.2 Å². The van der Waals surface area contributed by atoms with Crippen molar-refractivity contribution in [3.05, 3.63) is 0 Å². The molecule has 0 radical (unpaired) electrons. The van der Waals surface area contributed by atoms with Crippen molar-refractivity contribution < 1.29 is 9.94 Å². The Balaban J connectivity index is 2.71. The highest BCUT2D eigenvalue weighted by Gasteiger charge is 2.38. The van der Waals surface area contributed by atoms with Crippen LogP contribution in [0, 0.1) is 0 Å². The van der Waals surface area contributed by atoms with E-state index in [1.807, 2.05) is 6.92 Å². The first-order valence-corrected chi connectivity index (χ1v) is 4.37. The van der Waals surface area contributed by atoms with Gasteiger partial charge in [-0.05, 0) is 32.6 Å². The van der Waals surface area contributed by atoms with Crippen molar-refractivity contribution in [3.8, 4) is 0 Å². The van der Waals surface area contributed by atoms with E-state index in [1.54, 1.807) is 0 Å². The van der Waals surface area contributed by atoms with Crippen LogP contribution in [0.15, 0.2) is 5.16 Å². The molecule has 0 atom stereocenters. The molecule has 4 nitrogen and oxygen atoms in total. The average molecular weight is 172 g/mol. The van der Waals surface area contributed by atoms with Gasteiger partial charge in [0.25, 0.3) is 0 Å². The van der Waals surface area contributed by atoms with Crippen LogP contribution in [0.3, 0.4) is 0 Å². The van der Waals surface area contributed by atoms with Gasteiger partial charge in [0, 0.05) is 6.61 Å². The quantitative estimate of drug-likeness (QED) is 0.290. The first-order valence-electron chi connectivity index (χ1n) is 4.37.